The SMILES string of the molecule is CS(=O)(=O)Cc1ccc(C(=O)OCCOc2ccccc2Cl)cc1. The topological polar surface area (TPSA) is 69.7 Å². The highest BCUT2D eigenvalue weighted by molar-refractivity contribution is 7.89. The van der Waals surface area contributed by atoms with Gasteiger partial charge in [-0.1, -0.05) is 35.9 Å². The Bertz CT molecular complexity index is 800. The quantitative estimate of drug-likeness (QED) is 0.554. The molecule has 0 aliphatic heterocycles. The number of esters is 1. The van der Waals surface area contributed by atoms with Crippen molar-refractivity contribution in [1.82, 2.24) is 0 Å². The first-order valence-corrected chi connectivity index (χ1v) is 9.60. The van der Waals surface area contributed by atoms with Crippen LogP contribution in [0, 0.1) is 0 Å². The summed E-state index contributed by atoms with van der Waals surface area (Å²) in [6.07, 6.45) is 1.16. The number of rotatable bonds is 7. The van der Waals surface area contributed by atoms with Crippen molar-refractivity contribution in [3.8, 4) is 5.75 Å². The highest BCUT2D eigenvalue weighted by atomic mass is 35.5. The second-order valence-electron chi connectivity index (χ2n) is 5.18. The van der Waals surface area contributed by atoms with E-state index in [0.717, 1.165) is 6.26 Å². The Hall–Kier alpha value is -2.05. The normalized spacial score (nSPS) is 11.1. The number of para-hydroxylation sites is 1. The number of sulfone groups is 1. The summed E-state index contributed by atoms with van der Waals surface area (Å²) < 4.78 is 33.0. The molecule has 2 aromatic carbocycles. The summed E-state index contributed by atoms with van der Waals surface area (Å²) in [5.41, 5.74) is 0.973. The van der Waals surface area contributed by atoms with E-state index in [9.17, 15) is 13.2 Å². The maximum Gasteiger partial charge on any atom is 0.338 e. The van der Waals surface area contributed by atoms with Gasteiger partial charge in [-0.25, -0.2) is 13.2 Å². The largest absolute Gasteiger partial charge is 0.488 e. The molecule has 5 nitrogen and oxygen atoms in total. The van der Waals surface area contributed by atoms with Gasteiger partial charge in [0.15, 0.2) is 9.84 Å². The maximum atomic E-state index is 11.9. The van der Waals surface area contributed by atoms with Gasteiger partial charge < -0.3 is 9.47 Å². The molecule has 0 N–H and O–H groups in total. The molecule has 24 heavy (non-hydrogen) atoms. The average Bonchev–Trinajstić information content (AvgIpc) is 2.52. The highest BCUT2D eigenvalue weighted by Gasteiger charge is 2.09. The van der Waals surface area contributed by atoms with Crippen LogP contribution in [0.15, 0.2) is 48.5 Å². The fraction of sp³-hybridized carbons (Fsp3) is 0.235. The zero-order valence-corrected chi connectivity index (χ0v) is 14.6. The molecule has 0 saturated heterocycles. The number of halogens is 1. The van der Waals surface area contributed by atoms with Crippen LogP contribution >= 0.6 is 11.6 Å². The van der Waals surface area contributed by atoms with E-state index in [-0.39, 0.29) is 19.0 Å². The molecule has 0 fully saturated rings. The minimum absolute atomic E-state index is 0.0615. The molecule has 0 saturated carbocycles. The standard InChI is InChI=1S/C17H17ClO5S/c1-24(20,21)12-13-6-8-14(9-7-13)17(19)23-11-10-22-16-5-3-2-4-15(16)18/h2-9H,10-12H2,1H3. The molecule has 0 unspecified atom stereocenters. The number of carbonyl (C=O) groups excluding carboxylic acids is 1. The summed E-state index contributed by atoms with van der Waals surface area (Å²) in [6, 6.07) is 13.3. The molecule has 0 radical (unpaired) electrons. The zero-order valence-electron chi connectivity index (χ0n) is 13.1. The lowest BCUT2D eigenvalue weighted by Gasteiger charge is -2.09. The molecule has 0 heterocycles. The molecule has 0 amide bonds. The third kappa shape index (κ3) is 5.86. The maximum absolute atomic E-state index is 11.9. The smallest absolute Gasteiger partial charge is 0.338 e. The van der Waals surface area contributed by atoms with Crippen molar-refractivity contribution >= 4 is 27.4 Å². The van der Waals surface area contributed by atoms with Crippen molar-refractivity contribution in [2.24, 2.45) is 0 Å². The Balaban J connectivity index is 1.81. The average molecular weight is 369 g/mol. The van der Waals surface area contributed by atoms with Crippen LogP contribution in [0.2, 0.25) is 5.02 Å². The van der Waals surface area contributed by atoms with Crippen LogP contribution in [0.4, 0.5) is 0 Å². The van der Waals surface area contributed by atoms with E-state index >= 15 is 0 Å². The zero-order chi connectivity index (χ0) is 17.6. The van der Waals surface area contributed by atoms with Crippen LogP contribution < -0.4 is 4.74 Å². The van der Waals surface area contributed by atoms with Gasteiger partial charge >= 0.3 is 5.97 Å². The van der Waals surface area contributed by atoms with Gasteiger partial charge in [-0.05, 0) is 29.8 Å². The molecule has 128 valence electrons. The van der Waals surface area contributed by atoms with E-state index in [1.807, 2.05) is 0 Å². The second-order valence-corrected chi connectivity index (χ2v) is 7.73. The van der Waals surface area contributed by atoms with Gasteiger partial charge in [0, 0.05) is 6.26 Å². The Morgan fingerprint density at radius 1 is 1.04 bits per heavy atom. The van der Waals surface area contributed by atoms with Gasteiger partial charge in [-0.2, -0.15) is 0 Å². The van der Waals surface area contributed by atoms with E-state index in [2.05, 4.69) is 0 Å². The Morgan fingerprint density at radius 3 is 2.33 bits per heavy atom. The minimum Gasteiger partial charge on any atom is -0.488 e. The number of hydrogen-bond acceptors (Lipinski definition) is 5. The lowest BCUT2D eigenvalue weighted by atomic mass is 10.1. The van der Waals surface area contributed by atoms with Crippen molar-refractivity contribution in [3.05, 3.63) is 64.7 Å². The summed E-state index contributed by atoms with van der Waals surface area (Å²) in [5.74, 6) is -0.0300. The number of hydrogen-bond donors (Lipinski definition) is 0. The molecule has 0 atom stereocenters. The van der Waals surface area contributed by atoms with E-state index in [1.54, 1.807) is 36.4 Å². The lowest BCUT2D eigenvalue weighted by molar-refractivity contribution is 0.0450. The predicted molar refractivity (Wildman–Crippen MR) is 92.2 cm³/mol. The Kier molecular flexibility index (Phi) is 6.23. The summed E-state index contributed by atoms with van der Waals surface area (Å²) in [7, 11) is -3.10. The minimum atomic E-state index is -3.10. The van der Waals surface area contributed by atoms with Crippen LogP contribution in [-0.4, -0.2) is 33.9 Å². The van der Waals surface area contributed by atoms with E-state index in [1.165, 1.54) is 12.1 Å². The third-order valence-corrected chi connectivity index (χ3v) is 4.20. The molecule has 2 rings (SSSR count). The van der Waals surface area contributed by atoms with E-state index < -0.39 is 15.8 Å². The van der Waals surface area contributed by atoms with Gasteiger partial charge in [0.05, 0.1) is 16.3 Å². The first-order chi connectivity index (χ1) is 11.3. The van der Waals surface area contributed by atoms with Gasteiger partial charge in [0.2, 0.25) is 0 Å². The van der Waals surface area contributed by atoms with Crippen molar-refractivity contribution in [2.75, 3.05) is 19.5 Å². The molecule has 2 aromatic rings. The van der Waals surface area contributed by atoms with Crippen molar-refractivity contribution in [1.29, 1.82) is 0 Å². The monoisotopic (exact) mass is 368 g/mol. The third-order valence-electron chi connectivity index (χ3n) is 3.03. The van der Waals surface area contributed by atoms with Gasteiger partial charge in [-0.3, -0.25) is 0 Å². The van der Waals surface area contributed by atoms with Crippen molar-refractivity contribution in [3.63, 3.8) is 0 Å². The van der Waals surface area contributed by atoms with E-state index in [0.29, 0.717) is 21.9 Å². The lowest BCUT2D eigenvalue weighted by Crippen LogP contribution is -2.12. The first-order valence-electron chi connectivity index (χ1n) is 7.16. The highest BCUT2D eigenvalue weighted by Crippen LogP contribution is 2.22. The van der Waals surface area contributed by atoms with Crippen LogP contribution in [0.5, 0.6) is 5.75 Å². The summed E-state index contributed by atoms with van der Waals surface area (Å²) in [6.45, 7) is 0.261. The molecule has 7 heteroatoms. The molecule has 0 aliphatic rings. The predicted octanol–water partition coefficient (Wildman–Crippen LogP) is 3.12. The van der Waals surface area contributed by atoms with Gasteiger partial charge in [0.25, 0.3) is 0 Å². The van der Waals surface area contributed by atoms with Crippen molar-refractivity contribution in [2.45, 2.75) is 5.75 Å². The summed E-state index contributed by atoms with van der Waals surface area (Å²) in [4.78, 5) is 11.9. The molecule has 0 spiro atoms. The summed E-state index contributed by atoms with van der Waals surface area (Å²) in [5, 5.41) is 0.491. The van der Waals surface area contributed by atoms with Crippen LogP contribution in [-0.2, 0) is 20.3 Å². The molecule has 0 bridgehead atoms. The van der Waals surface area contributed by atoms with Crippen LogP contribution in [0.25, 0.3) is 0 Å². The van der Waals surface area contributed by atoms with Gasteiger partial charge in [0.1, 0.15) is 19.0 Å². The summed E-state index contributed by atoms with van der Waals surface area (Å²) >= 11 is 5.95. The molecule has 0 aliphatic carbocycles. The van der Waals surface area contributed by atoms with Gasteiger partial charge in [-0.15, -0.1) is 0 Å². The van der Waals surface area contributed by atoms with Crippen LogP contribution in [0.1, 0.15) is 15.9 Å². The number of carbonyl (C=O) groups is 1. The molecule has 0 aromatic heterocycles. The fourth-order valence-electron chi connectivity index (χ4n) is 1.97. The first kappa shape index (κ1) is 18.3. The molecular weight excluding hydrogens is 352 g/mol. The Labute approximate surface area is 146 Å². The number of ether oxygens (including phenoxy) is 2. The second kappa shape index (κ2) is 8.17. The van der Waals surface area contributed by atoms with E-state index in [4.69, 9.17) is 21.1 Å². The number of benzene rings is 2. The van der Waals surface area contributed by atoms with Crippen LogP contribution in [0.3, 0.4) is 0 Å². The van der Waals surface area contributed by atoms with Crippen molar-refractivity contribution < 1.29 is 22.7 Å². The fourth-order valence-corrected chi connectivity index (χ4v) is 2.96. The Morgan fingerprint density at radius 2 is 1.71 bits per heavy atom. The molecular formula is C17H17ClO5S.